The largest absolute Gasteiger partial charge is 0.508 e. The van der Waals surface area contributed by atoms with Crippen molar-refractivity contribution in [1.29, 1.82) is 0 Å². The van der Waals surface area contributed by atoms with Crippen LogP contribution in [-0.4, -0.2) is 67.8 Å². The summed E-state index contributed by atoms with van der Waals surface area (Å²) in [5.74, 6) is -7.78. The first-order valence-electron chi connectivity index (χ1n) is 11.8. The molecule has 1 saturated carbocycles. The fourth-order valence-corrected chi connectivity index (χ4v) is 5.98. The summed E-state index contributed by atoms with van der Waals surface area (Å²) >= 11 is 0. The molecule has 0 radical (unpaired) electrons. The second-order valence-electron chi connectivity index (χ2n) is 10.1. The maximum Gasteiger partial charge on any atom is 0.255 e. The van der Waals surface area contributed by atoms with Crippen LogP contribution in [0.3, 0.4) is 0 Å². The van der Waals surface area contributed by atoms with Crippen molar-refractivity contribution in [2.45, 2.75) is 24.9 Å². The minimum Gasteiger partial charge on any atom is -0.508 e. The summed E-state index contributed by atoms with van der Waals surface area (Å²) in [5, 5.41) is 64.5. The number of aliphatic hydroxyl groups is 3. The third kappa shape index (κ3) is 3.28. The molecule has 0 saturated heterocycles. The molecule has 2 aromatic rings. The third-order valence-corrected chi connectivity index (χ3v) is 7.81. The Morgan fingerprint density at radius 2 is 1.71 bits per heavy atom. The van der Waals surface area contributed by atoms with Crippen LogP contribution < -0.4 is 10.6 Å². The van der Waals surface area contributed by atoms with E-state index in [9.17, 15) is 45.0 Å². The van der Waals surface area contributed by atoms with Crippen LogP contribution in [0.15, 0.2) is 41.2 Å². The van der Waals surface area contributed by atoms with E-state index in [2.05, 4.69) is 0 Å². The molecular weight excluding hydrogens is 496 g/mol. The Morgan fingerprint density at radius 1 is 1.03 bits per heavy atom. The van der Waals surface area contributed by atoms with E-state index in [1.807, 2.05) is 0 Å². The fraction of sp³-hybridized carbons (Fsp3) is 0.296. The van der Waals surface area contributed by atoms with Gasteiger partial charge in [0, 0.05) is 43.3 Å². The number of nitrogens with zero attached hydrogens (tertiary/aromatic N) is 1. The van der Waals surface area contributed by atoms with Gasteiger partial charge in [-0.1, -0.05) is 6.07 Å². The summed E-state index contributed by atoms with van der Waals surface area (Å²) in [4.78, 5) is 39.8. The molecule has 198 valence electrons. The molecule has 0 spiro atoms. The summed E-state index contributed by atoms with van der Waals surface area (Å²) in [5.41, 5.74) is 3.04. The van der Waals surface area contributed by atoms with Crippen LogP contribution >= 0.6 is 0 Å². The van der Waals surface area contributed by atoms with E-state index in [0.717, 1.165) is 0 Å². The number of amides is 1. The molecule has 5 rings (SSSR count). The predicted molar refractivity (Wildman–Crippen MR) is 134 cm³/mol. The number of hydrogen-bond acceptors (Lipinski definition) is 10. The lowest BCUT2D eigenvalue weighted by Crippen LogP contribution is -2.58. The van der Waals surface area contributed by atoms with Gasteiger partial charge in [0.05, 0.1) is 5.56 Å². The van der Waals surface area contributed by atoms with E-state index in [1.54, 1.807) is 25.1 Å². The van der Waals surface area contributed by atoms with Crippen LogP contribution in [-0.2, 0) is 20.8 Å². The monoisotopic (exact) mass is 522 g/mol. The highest BCUT2D eigenvalue weighted by Crippen LogP contribution is 2.54. The molecule has 1 amide bonds. The van der Waals surface area contributed by atoms with Gasteiger partial charge in [-0.05, 0) is 48.1 Å². The molecule has 8 N–H and O–H groups in total. The van der Waals surface area contributed by atoms with Crippen LogP contribution in [0.2, 0.25) is 0 Å². The standard InChI is InChI=1S/C27H26N2O9/c1-29(2)15-9-13(10-3-4-16(30)17(31)7-10)22(33)20-14(15)6-11-5-12-8-18(32)21(26(28)37)25(36)27(12,38)24(35)19(11)23(20)34/h3-4,7,9,11-12,30-31,33-34,36,38H,5-6,8H2,1-2H3,(H2,28,37)/t11-,12+,27+/m1/s1. The van der Waals surface area contributed by atoms with E-state index in [1.165, 1.54) is 18.2 Å². The number of aliphatic hydroxyl groups excluding tert-OH is 2. The molecule has 1 fully saturated rings. The van der Waals surface area contributed by atoms with Gasteiger partial charge in [0.25, 0.3) is 5.91 Å². The average Bonchev–Trinajstić information content (AvgIpc) is 2.83. The van der Waals surface area contributed by atoms with Crippen molar-refractivity contribution in [3.8, 4) is 28.4 Å². The quantitative estimate of drug-likeness (QED) is 0.229. The molecule has 2 aromatic carbocycles. The van der Waals surface area contributed by atoms with Crippen molar-refractivity contribution in [2.75, 3.05) is 19.0 Å². The van der Waals surface area contributed by atoms with Gasteiger partial charge in [-0.3, -0.25) is 14.4 Å². The van der Waals surface area contributed by atoms with Crippen LogP contribution in [0, 0.1) is 11.8 Å². The second kappa shape index (κ2) is 8.25. The highest BCUT2D eigenvalue weighted by Gasteiger charge is 2.60. The highest BCUT2D eigenvalue weighted by atomic mass is 16.3. The van der Waals surface area contributed by atoms with Crippen LogP contribution in [0.25, 0.3) is 16.9 Å². The van der Waals surface area contributed by atoms with E-state index in [-0.39, 0.29) is 35.3 Å². The Labute approximate surface area is 216 Å². The van der Waals surface area contributed by atoms with Gasteiger partial charge in [0.15, 0.2) is 22.9 Å². The molecule has 11 heteroatoms. The number of ketones is 2. The van der Waals surface area contributed by atoms with Gasteiger partial charge in [-0.15, -0.1) is 0 Å². The molecule has 0 aliphatic heterocycles. The number of nitrogens with two attached hydrogens (primary N) is 1. The Morgan fingerprint density at radius 3 is 2.32 bits per heavy atom. The van der Waals surface area contributed by atoms with Crippen molar-refractivity contribution in [1.82, 2.24) is 0 Å². The number of Topliss-reactive ketones (excluding diaryl/α,β-unsaturated/α-hetero) is 2. The van der Waals surface area contributed by atoms with Gasteiger partial charge >= 0.3 is 0 Å². The van der Waals surface area contributed by atoms with Crippen molar-refractivity contribution < 1.29 is 45.0 Å². The van der Waals surface area contributed by atoms with Crippen molar-refractivity contribution in [3.05, 3.63) is 52.3 Å². The number of phenolic OH excluding ortho intramolecular Hbond substituents is 3. The number of rotatable bonds is 3. The van der Waals surface area contributed by atoms with Gasteiger partial charge in [0.1, 0.15) is 22.8 Å². The van der Waals surface area contributed by atoms with E-state index in [0.29, 0.717) is 16.8 Å². The number of aromatic hydroxyl groups is 3. The number of hydrogen-bond donors (Lipinski definition) is 7. The Hall–Kier alpha value is -4.51. The Kier molecular flexibility index (Phi) is 5.46. The first kappa shape index (κ1) is 25.2. The number of fused-ring (bicyclic) bond motifs is 3. The number of carbonyl (C=O) groups excluding carboxylic acids is 3. The zero-order chi connectivity index (χ0) is 27.8. The number of primary amides is 1. The molecule has 0 unspecified atom stereocenters. The minimum absolute atomic E-state index is 0.0319. The molecule has 3 aliphatic rings. The molecule has 0 aromatic heterocycles. The summed E-state index contributed by atoms with van der Waals surface area (Å²) in [7, 11) is 3.50. The maximum atomic E-state index is 13.7. The summed E-state index contributed by atoms with van der Waals surface area (Å²) in [6.45, 7) is 0. The van der Waals surface area contributed by atoms with E-state index >= 15 is 0 Å². The number of anilines is 1. The van der Waals surface area contributed by atoms with E-state index in [4.69, 9.17) is 5.73 Å². The predicted octanol–water partition coefficient (Wildman–Crippen LogP) is 1.57. The lowest BCUT2D eigenvalue weighted by molar-refractivity contribution is -0.147. The average molecular weight is 523 g/mol. The SMILES string of the molecule is CN(C)c1cc(-c2ccc(O)c(O)c2)c(O)c2c1C[C@H]1C[C@H]3CC(=O)C(C(N)=O)=C(O)[C@@]3(O)C(=O)C1=C2O. The van der Waals surface area contributed by atoms with Gasteiger partial charge in [-0.2, -0.15) is 0 Å². The zero-order valence-corrected chi connectivity index (χ0v) is 20.5. The van der Waals surface area contributed by atoms with Crippen LogP contribution in [0.1, 0.15) is 24.0 Å². The van der Waals surface area contributed by atoms with Gasteiger partial charge in [0.2, 0.25) is 5.78 Å². The molecule has 38 heavy (non-hydrogen) atoms. The van der Waals surface area contributed by atoms with E-state index < -0.39 is 69.9 Å². The molecule has 0 bridgehead atoms. The summed E-state index contributed by atoms with van der Waals surface area (Å²) < 4.78 is 0. The maximum absolute atomic E-state index is 13.7. The smallest absolute Gasteiger partial charge is 0.255 e. The highest BCUT2D eigenvalue weighted by molar-refractivity contribution is 6.22. The van der Waals surface area contributed by atoms with Gasteiger partial charge < -0.3 is 41.3 Å². The molecular formula is C27H26N2O9. The lowest BCUT2D eigenvalue weighted by atomic mass is 9.59. The zero-order valence-electron chi connectivity index (χ0n) is 20.5. The van der Waals surface area contributed by atoms with Crippen molar-refractivity contribution in [3.63, 3.8) is 0 Å². The molecule has 3 aliphatic carbocycles. The van der Waals surface area contributed by atoms with Crippen LogP contribution in [0.4, 0.5) is 5.69 Å². The first-order chi connectivity index (χ1) is 17.8. The van der Waals surface area contributed by atoms with Gasteiger partial charge in [-0.25, -0.2) is 0 Å². The second-order valence-corrected chi connectivity index (χ2v) is 10.1. The first-order valence-corrected chi connectivity index (χ1v) is 11.8. The van der Waals surface area contributed by atoms with Crippen molar-refractivity contribution in [2.24, 2.45) is 17.6 Å². The Bertz CT molecular complexity index is 1520. The summed E-state index contributed by atoms with van der Waals surface area (Å²) in [6.07, 6.45) is -0.197. The number of benzene rings is 2. The Balaban J connectivity index is 1.75. The number of phenols is 3. The lowest BCUT2D eigenvalue weighted by Gasteiger charge is -2.46. The topological polar surface area (TPSA) is 202 Å². The molecule has 0 heterocycles. The summed E-state index contributed by atoms with van der Waals surface area (Å²) in [6, 6.07) is 5.58. The normalized spacial score (nSPS) is 24.6. The van der Waals surface area contributed by atoms with Crippen molar-refractivity contribution >= 4 is 28.9 Å². The third-order valence-electron chi connectivity index (χ3n) is 7.81. The molecule has 11 nitrogen and oxygen atoms in total. The minimum atomic E-state index is -2.64. The molecule has 3 atom stereocenters. The fourth-order valence-electron chi connectivity index (χ4n) is 5.98. The number of carbonyl (C=O) groups is 3. The van der Waals surface area contributed by atoms with Crippen LogP contribution in [0.5, 0.6) is 17.2 Å².